The number of rotatable bonds is 3. The van der Waals surface area contributed by atoms with Crippen LogP contribution in [0.2, 0.25) is 0 Å². The number of pyridine rings is 1. The highest BCUT2D eigenvalue weighted by molar-refractivity contribution is 5.85. The molecule has 7 heteroatoms. The molecule has 1 saturated heterocycles. The Morgan fingerprint density at radius 2 is 2.17 bits per heavy atom. The predicted molar refractivity (Wildman–Crippen MR) is 96.3 cm³/mol. The predicted octanol–water partition coefficient (Wildman–Crippen LogP) is 2.31. The zero-order valence-corrected chi connectivity index (χ0v) is 14.9. The van der Waals surface area contributed by atoms with Gasteiger partial charge in [0, 0.05) is 31.5 Å². The molecule has 2 aromatic rings. The SMILES string of the molecule is CC1CCN(C(=O)Cc2cn3ccccc3n2)C(CN)C1.Cl.Cl. The van der Waals surface area contributed by atoms with Crippen LogP contribution in [0.15, 0.2) is 30.6 Å². The van der Waals surface area contributed by atoms with E-state index < -0.39 is 0 Å². The van der Waals surface area contributed by atoms with Crippen LogP contribution in [-0.2, 0) is 11.2 Å². The van der Waals surface area contributed by atoms with Crippen LogP contribution in [0, 0.1) is 5.92 Å². The lowest BCUT2D eigenvalue weighted by atomic mass is 9.92. The van der Waals surface area contributed by atoms with Gasteiger partial charge in [0.15, 0.2) is 0 Å². The van der Waals surface area contributed by atoms with Crippen molar-refractivity contribution in [2.24, 2.45) is 11.7 Å². The maximum atomic E-state index is 12.5. The Morgan fingerprint density at radius 3 is 2.87 bits per heavy atom. The molecule has 0 aromatic carbocycles. The van der Waals surface area contributed by atoms with Gasteiger partial charge >= 0.3 is 0 Å². The molecule has 5 nitrogen and oxygen atoms in total. The van der Waals surface area contributed by atoms with Gasteiger partial charge in [0.1, 0.15) is 5.65 Å². The minimum atomic E-state index is 0. The zero-order chi connectivity index (χ0) is 14.8. The molecular weight excluding hydrogens is 335 g/mol. The Morgan fingerprint density at radius 1 is 1.39 bits per heavy atom. The summed E-state index contributed by atoms with van der Waals surface area (Å²) in [7, 11) is 0. The van der Waals surface area contributed by atoms with Crippen LogP contribution < -0.4 is 5.73 Å². The van der Waals surface area contributed by atoms with E-state index in [4.69, 9.17) is 5.73 Å². The molecule has 1 aliphatic rings. The molecule has 0 bridgehead atoms. The van der Waals surface area contributed by atoms with Gasteiger partial charge in [-0.1, -0.05) is 13.0 Å². The van der Waals surface area contributed by atoms with Crippen LogP contribution >= 0.6 is 24.8 Å². The summed E-state index contributed by atoms with van der Waals surface area (Å²) in [6.45, 7) is 3.59. The van der Waals surface area contributed by atoms with Gasteiger partial charge < -0.3 is 15.0 Å². The number of hydrogen-bond acceptors (Lipinski definition) is 3. The average Bonchev–Trinajstić information content (AvgIpc) is 2.88. The average molecular weight is 359 g/mol. The molecule has 0 spiro atoms. The van der Waals surface area contributed by atoms with Crippen LogP contribution in [-0.4, -0.2) is 39.3 Å². The third kappa shape index (κ3) is 4.37. The number of likely N-dealkylation sites (tertiary alicyclic amines) is 1. The Kier molecular flexibility index (Phi) is 7.32. The van der Waals surface area contributed by atoms with Crippen LogP contribution in [0.5, 0.6) is 0 Å². The van der Waals surface area contributed by atoms with E-state index in [2.05, 4.69) is 11.9 Å². The number of aromatic nitrogens is 2. The largest absolute Gasteiger partial charge is 0.338 e. The Bertz CT molecular complexity index is 613. The van der Waals surface area contributed by atoms with Crippen molar-refractivity contribution in [1.29, 1.82) is 0 Å². The number of imidazole rings is 1. The van der Waals surface area contributed by atoms with Crippen LogP contribution in [0.1, 0.15) is 25.5 Å². The maximum Gasteiger partial charge on any atom is 0.228 e. The molecule has 128 valence electrons. The number of carbonyl (C=O) groups is 1. The van der Waals surface area contributed by atoms with Gasteiger partial charge in [-0.3, -0.25) is 4.79 Å². The van der Waals surface area contributed by atoms with E-state index in [-0.39, 0.29) is 36.8 Å². The zero-order valence-electron chi connectivity index (χ0n) is 13.2. The highest BCUT2D eigenvalue weighted by atomic mass is 35.5. The van der Waals surface area contributed by atoms with E-state index in [9.17, 15) is 4.79 Å². The van der Waals surface area contributed by atoms with E-state index >= 15 is 0 Å². The first-order chi connectivity index (χ1) is 10.2. The fourth-order valence-corrected chi connectivity index (χ4v) is 3.13. The van der Waals surface area contributed by atoms with Crippen LogP contribution in [0.4, 0.5) is 0 Å². The second kappa shape index (κ2) is 8.52. The van der Waals surface area contributed by atoms with E-state index in [1.807, 2.05) is 39.9 Å². The van der Waals surface area contributed by atoms with Gasteiger partial charge in [0.2, 0.25) is 5.91 Å². The molecule has 0 aliphatic carbocycles. The number of nitrogens with zero attached hydrogens (tertiary/aromatic N) is 3. The lowest BCUT2D eigenvalue weighted by molar-refractivity contribution is -0.134. The van der Waals surface area contributed by atoms with E-state index in [0.717, 1.165) is 30.7 Å². The molecule has 2 N–H and O–H groups in total. The molecule has 1 amide bonds. The van der Waals surface area contributed by atoms with Crippen LogP contribution in [0.3, 0.4) is 0 Å². The fourth-order valence-electron chi connectivity index (χ4n) is 3.13. The van der Waals surface area contributed by atoms with Crippen molar-refractivity contribution in [2.45, 2.75) is 32.2 Å². The molecule has 23 heavy (non-hydrogen) atoms. The summed E-state index contributed by atoms with van der Waals surface area (Å²) in [5.41, 5.74) is 7.53. The third-order valence-electron chi connectivity index (χ3n) is 4.32. The number of amides is 1. The minimum absolute atomic E-state index is 0. The van der Waals surface area contributed by atoms with Crippen molar-refractivity contribution >= 4 is 36.4 Å². The Labute approximate surface area is 149 Å². The summed E-state index contributed by atoms with van der Waals surface area (Å²) in [6, 6.07) is 6.03. The van der Waals surface area contributed by atoms with Gasteiger partial charge in [0.05, 0.1) is 12.1 Å². The molecule has 2 unspecified atom stereocenters. The summed E-state index contributed by atoms with van der Waals surface area (Å²) in [5, 5.41) is 0. The molecule has 1 fully saturated rings. The topological polar surface area (TPSA) is 63.6 Å². The number of nitrogens with two attached hydrogens (primary N) is 1. The van der Waals surface area contributed by atoms with Gasteiger partial charge in [-0.2, -0.15) is 0 Å². The van der Waals surface area contributed by atoms with E-state index in [0.29, 0.717) is 18.9 Å². The molecule has 0 saturated carbocycles. The smallest absolute Gasteiger partial charge is 0.228 e. The molecule has 3 rings (SSSR count). The number of hydrogen-bond donors (Lipinski definition) is 1. The lowest BCUT2D eigenvalue weighted by Gasteiger charge is -2.38. The lowest BCUT2D eigenvalue weighted by Crippen LogP contribution is -2.49. The molecule has 0 radical (unpaired) electrons. The quantitative estimate of drug-likeness (QED) is 0.915. The number of fused-ring (bicyclic) bond motifs is 1. The van der Waals surface area contributed by atoms with Crippen molar-refractivity contribution in [3.05, 3.63) is 36.3 Å². The number of halogens is 2. The summed E-state index contributed by atoms with van der Waals surface area (Å²) >= 11 is 0. The summed E-state index contributed by atoms with van der Waals surface area (Å²) in [5.74, 6) is 0.790. The minimum Gasteiger partial charge on any atom is -0.338 e. The van der Waals surface area contributed by atoms with Gasteiger partial charge in [-0.15, -0.1) is 24.8 Å². The summed E-state index contributed by atoms with van der Waals surface area (Å²) < 4.78 is 1.95. The van der Waals surface area contributed by atoms with Gasteiger partial charge in [-0.25, -0.2) is 4.98 Å². The van der Waals surface area contributed by atoms with Crippen molar-refractivity contribution in [3.8, 4) is 0 Å². The van der Waals surface area contributed by atoms with Crippen molar-refractivity contribution in [2.75, 3.05) is 13.1 Å². The first kappa shape index (κ1) is 19.7. The molecule has 2 atom stereocenters. The standard InChI is InChI=1S/C16H22N4O.2ClH/c1-12-5-7-20(14(8-12)10-17)16(21)9-13-11-19-6-3-2-4-15(19)18-13;;/h2-4,6,11-12,14H,5,7-10,17H2,1H3;2*1H. The number of piperidine rings is 1. The van der Waals surface area contributed by atoms with Gasteiger partial charge in [0.25, 0.3) is 0 Å². The van der Waals surface area contributed by atoms with Crippen molar-refractivity contribution < 1.29 is 4.79 Å². The number of carbonyl (C=O) groups excluding carboxylic acids is 1. The van der Waals surface area contributed by atoms with Gasteiger partial charge in [-0.05, 0) is 30.9 Å². The monoisotopic (exact) mass is 358 g/mol. The third-order valence-corrected chi connectivity index (χ3v) is 4.32. The molecule has 3 heterocycles. The van der Waals surface area contributed by atoms with E-state index in [1.54, 1.807) is 0 Å². The first-order valence-electron chi connectivity index (χ1n) is 7.59. The molecule has 1 aliphatic heterocycles. The first-order valence-corrected chi connectivity index (χ1v) is 7.59. The second-order valence-electron chi connectivity index (χ2n) is 5.98. The highest BCUT2D eigenvalue weighted by Gasteiger charge is 2.29. The molecular formula is C16H24Cl2N4O. The normalized spacial score (nSPS) is 20.7. The summed E-state index contributed by atoms with van der Waals surface area (Å²) in [4.78, 5) is 19.0. The van der Waals surface area contributed by atoms with Crippen molar-refractivity contribution in [3.63, 3.8) is 0 Å². The van der Waals surface area contributed by atoms with Crippen LogP contribution in [0.25, 0.3) is 5.65 Å². The summed E-state index contributed by atoms with van der Waals surface area (Å²) in [6.07, 6.45) is 6.30. The maximum absolute atomic E-state index is 12.5. The second-order valence-corrected chi connectivity index (χ2v) is 5.98. The fraction of sp³-hybridized carbons (Fsp3) is 0.500. The van der Waals surface area contributed by atoms with Crippen molar-refractivity contribution in [1.82, 2.24) is 14.3 Å². The highest BCUT2D eigenvalue weighted by Crippen LogP contribution is 2.22. The van der Waals surface area contributed by atoms with E-state index in [1.165, 1.54) is 0 Å². The molecule has 2 aromatic heterocycles. The Hall–Kier alpha value is -1.30. The Balaban J connectivity index is 0.00000132.